The second-order valence-electron chi connectivity index (χ2n) is 6.34. The van der Waals surface area contributed by atoms with Gasteiger partial charge in [-0.2, -0.15) is 0 Å². The first kappa shape index (κ1) is 18.9. The maximum Gasteiger partial charge on any atom is 0.257 e. The van der Waals surface area contributed by atoms with E-state index in [1.807, 2.05) is 36.4 Å². The molecule has 0 aliphatic carbocycles. The number of nitrogens with zero attached hydrogens (tertiary/aromatic N) is 3. The molecule has 0 fully saturated rings. The summed E-state index contributed by atoms with van der Waals surface area (Å²) < 4.78 is 1.41. The molecule has 0 bridgehead atoms. The molecule has 0 aliphatic rings. The number of likely N-dealkylation sites (N-methyl/N-ethyl adjacent to an activating group) is 1. The lowest BCUT2D eigenvalue weighted by atomic mass is 10.1. The van der Waals surface area contributed by atoms with Gasteiger partial charge in [0.25, 0.3) is 5.56 Å². The predicted octanol–water partition coefficient (Wildman–Crippen LogP) is 3.84. The Morgan fingerprint density at radius 1 is 1.11 bits per heavy atom. The van der Waals surface area contributed by atoms with Gasteiger partial charge in [0.05, 0.1) is 0 Å². The quantitative estimate of drug-likeness (QED) is 0.689. The summed E-state index contributed by atoms with van der Waals surface area (Å²) in [6.07, 6.45) is 0. The highest BCUT2D eigenvalue weighted by atomic mass is 35.5. The first-order chi connectivity index (χ1) is 12.9. The SMILES string of the molecule is Cc1nc(-c2cccc(Cl)c2)n(CC(=O)N(C)c2ccccc2)c(=O)c1C. The Kier molecular flexibility index (Phi) is 5.42. The number of anilines is 1. The lowest BCUT2D eigenvalue weighted by molar-refractivity contribution is -0.118. The van der Waals surface area contributed by atoms with Crippen LogP contribution < -0.4 is 10.5 Å². The molecule has 0 spiro atoms. The Morgan fingerprint density at radius 3 is 2.48 bits per heavy atom. The number of aryl methyl sites for hydroxylation is 1. The number of carbonyl (C=O) groups excluding carboxylic acids is 1. The molecule has 138 valence electrons. The van der Waals surface area contributed by atoms with Crippen molar-refractivity contribution in [3.63, 3.8) is 0 Å². The maximum atomic E-state index is 12.9. The van der Waals surface area contributed by atoms with Gasteiger partial charge in [-0.3, -0.25) is 14.2 Å². The number of rotatable bonds is 4. The molecule has 3 aromatic rings. The number of aromatic nitrogens is 2. The summed E-state index contributed by atoms with van der Waals surface area (Å²) in [6, 6.07) is 16.4. The van der Waals surface area contributed by atoms with Crippen molar-refractivity contribution in [1.29, 1.82) is 0 Å². The molecule has 3 rings (SSSR count). The molecule has 1 amide bonds. The largest absolute Gasteiger partial charge is 0.314 e. The zero-order chi connectivity index (χ0) is 19.6. The molecule has 0 N–H and O–H groups in total. The van der Waals surface area contributed by atoms with Crippen LogP contribution in [0, 0.1) is 13.8 Å². The average molecular weight is 382 g/mol. The van der Waals surface area contributed by atoms with Gasteiger partial charge in [0, 0.05) is 34.6 Å². The van der Waals surface area contributed by atoms with Crippen molar-refractivity contribution in [3.05, 3.63) is 81.2 Å². The van der Waals surface area contributed by atoms with Crippen molar-refractivity contribution in [1.82, 2.24) is 9.55 Å². The topological polar surface area (TPSA) is 55.2 Å². The first-order valence-electron chi connectivity index (χ1n) is 8.54. The lowest BCUT2D eigenvalue weighted by Gasteiger charge is -2.20. The van der Waals surface area contributed by atoms with Crippen LogP contribution in [-0.2, 0) is 11.3 Å². The Morgan fingerprint density at radius 2 is 1.81 bits per heavy atom. The van der Waals surface area contributed by atoms with Gasteiger partial charge in [-0.15, -0.1) is 0 Å². The summed E-state index contributed by atoms with van der Waals surface area (Å²) in [5.74, 6) is 0.219. The Balaban J connectivity index is 2.05. The summed E-state index contributed by atoms with van der Waals surface area (Å²) >= 11 is 6.10. The van der Waals surface area contributed by atoms with E-state index in [-0.39, 0.29) is 18.0 Å². The molecule has 0 atom stereocenters. The van der Waals surface area contributed by atoms with E-state index in [2.05, 4.69) is 4.98 Å². The minimum atomic E-state index is -0.229. The van der Waals surface area contributed by atoms with Gasteiger partial charge in [-0.1, -0.05) is 41.9 Å². The normalized spacial score (nSPS) is 10.7. The third kappa shape index (κ3) is 3.93. The number of halogens is 1. The number of benzene rings is 2. The maximum absolute atomic E-state index is 12.9. The van der Waals surface area contributed by atoms with Gasteiger partial charge >= 0.3 is 0 Å². The minimum Gasteiger partial charge on any atom is -0.314 e. The van der Waals surface area contributed by atoms with Crippen molar-refractivity contribution in [2.75, 3.05) is 11.9 Å². The van der Waals surface area contributed by atoms with E-state index in [0.29, 0.717) is 27.7 Å². The molecule has 5 nitrogen and oxygen atoms in total. The Bertz CT molecular complexity index is 1050. The Hall–Kier alpha value is -2.92. The molecular formula is C21H20ClN3O2. The first-order valence-corrected chi connectivity index (χ1v) is 8.92. The molecule has 0 saturated carbocycles. The summed E-state index contributed by atoms with van der Waals surface area (Å²) in [4.78, 5) is 31.8. The van der Waals surface area contributed by atoms with Gasteiger partial charge in [-0.25, -0.2) is 4.98 Å². The van der Waals surface area contributed by atoms with Crippen molar-refractivity contribution < 1.29 is 4.79 Å². The van der Waals surface area contributed by atoms with Crippen LogP contribution in [0.4, 0.5) is 5.69 Å². The highest BCUT2D eigenvalue weighted by Crippen LogP contribution is 2.21. The molecular weight excluding hydrogens is 362 g/mol. The Labute approximate surface area is 162 Å². The molecule has 6 heteroatoms. The molecule has 0 aliphatic heterocycles. The molecule has 2 aromatic carbocycles. The highest BCUT2D eigenvalue weighted by Gasteiger charge is 2.18. The van der Waals surface area contributed by atoms with E-state index < -0.39 is 0 Å². The zero-order valence-electron chi connectivity index (χ0n) is 15.4. The fourth-order valence-corrected chi connectivity index (χ4v) is 2.98. The highest BCUT2D eigenvalue weighted by molar-refractivity contribution is 6.30. The van der Waals surface area contributed by atoms with Crippen molar-refractivity contribution in [2.24, 2.45) is 0 Å². The molecule has 0 saturated heterocycles. The number of hydrogen-bond acceptors (Lipinski definition) is 3. The monoisotopic (exact) mass is 381 g/mol. The molecule has 0 radical (unpaired) electrons. The molecule has 0 unspecified atom stereocenters. The molecule has 1 aromatic heterocycles. The van der Waals surface area contributed by atoms with Crippen molar-refractivity contribution >= 4 is 23.2 Å². The van der Waals surface area contributed by atoms with E-state index in [1.165, 1.54) is 9.47 Å². The fraction of sp³-hybridized carbons (Fsp3) is 0.190. The third-order valence-electron chi connectivity index (χ3n) is 4.53. The number of amides is 1. The zero-order valence-corrected chi connectivity index (χ0v) is 16.2. The fourth-order valence-electron chi connectivity index (χ4n) is 2.79. The second-order valence-corrected chi connectivity index (χ2v) is 6.77. The van der Waals surface area contributed by atoms with E-state index in [1.54, 1.807) is 39.1 Å². The number of carbonyl (C=O) groups is 1. The van der Waals surface area contributed by atoms with Gasteiger partial charge in [-0.05, 0) is 38.1 Å². The van der Waals surface area contributed by atoms with E-state index in [0.717, 1.165) is 5.69 Å². The van der Waals surface area contributed by atoms with Gasteiger partial charge < -0.3 is 4.90 Å². The molecule has 27 heavy (non-hydrogen) atoms. The minimum absolute atomic E-state index is 0.111. The van der Waals surface area contributed by atoms with Crippen LogP contribution in [0.1, 0.15) is 11.3 Å². The van der Waals surface area contributed by atoms with Gasteiger partial charge in [0.1, 0.15) is 12.4 Å². The standard InChI is InChI=1S/C21H20ClN3O2/c1-14-15(2)23-20(16-8-7-9-17(22)12-16)25(21(14)27)13-19(26)24(3)18-10-5-4-6-11-18/h4-12H,13H2,1-3H3. The summed E-state index contributed by atoms with van der Waals surface area (Å²) in [6.45, 7) is 3.39. The van der Waals surface area contributed by atoms with Crippen LogP contribution >= 0.6 is 11.6 Å². The summed E-state index contributed by atoms with van der Waals surface area (Å²) in [5, 5.41) is 0.541. The molecule has 1 heterocycles. The lowest BCUT2D eigenvalue weighted by Crippen LogP contribution is -2.36. The predicted molar refractivity (Wildman–Crippen MR) is 108 cm³/mol. The smallest absolute Gasteiger partial charge is 0.257 e. The third-order valence-corrected chi connectivity index (χ3v) is 4.77. The van der Waals surface area contributed by atoms with E-state index in [9.17, 15) is 9.59 Å². The van der Waals surface area contributed by atoms with Crippen LogP contribution in [0.5, 0.6) is 0 Å². The van der Waals surface area contributed by atoms with Gasteiger partial charge in [0.2, 0.25) is 5.91 Å². The summed E-state index contributed by atoms with van der Waals surface area (Å²) in [5.41, 5.74) is 2.38. The van der Waals surface area contributed by atoms with Crippen molar-refractivity contribution in [3.8, 4) is 11.4 Å². The van der Waals surface area contributed by atoms with Crippen LogP contribution in [0.25, 0.3) is 11.4 Å². The van der Waals surface area contributed by atoms with Crippen LogP contribution in [0.15, 0.2) is 59.4 Å². The van der Waals surface area contributed by atoms with Crippen LogP contribution in [-0.4, -0.2) is 22.5 Å². The summed E-state index contributed by atoms with van der Waals surface area (Å²) in [7, 11) is 1.69. The number of para-hydroxylation sites is 1. The van der Waals surface area contributed by atoms with Crippen molar-refractivity contribution in [2.45, 2.75) is 20.4 Å². The van der Waals surface area contributed by atoms with E-state index in [4.69, 9.17) is 11.6 Å². The average Bonchev–Trinajstić information content (AvgIpc) is 2.68. The van der Waals surface area contributed by atoms with Crippen LogP contribution in [0.3, 0.4) is 0 Å². The van der Waals surface area contributed by atoms with E-state index >= 15 is 0 Å². The second kappa shape index (κ2) is 7.76. The van der Waals surface area contributed by atoms with Crippen LogP contribution in [0.2, 0.25) is 5.02 Å². The number of hydrogen-bond donors (Lipinski definition) is 0. The van der Waals surface area contributed by atoms with Gasteiger partial charge in [0.15, 0.2) is 0 Å².